The van der Waals surface area contributed by atoms with Gasteiger partial charge in [-0.25, -0.2) is 4.79 Å². The van der Waals surface area contributed by atoms with Crippen LogP contribution in [-0.4, -0.2) is 27.2 Å². The Kier molecular flexibility index (Phi) is 3.65. The second-order valence-corrected chi connectivity index (χ2v) is 4.02. The number of aromatic nitrogens is 2. The summed E-state index contributed by atoms with van der Waals surface area (Å²) < 4.78 is 5.25. The number of aromatic amines is 1. The van der Waals surface area contributed by atoms with E-state index < -0.39 is 5.97 Å². The number of carbonyl (C=O) groups excluding carboxylic acids is 1. The molecule has 0 fully saturated rings. The summed E-state index contributed by atoms with van der Waals surface area (Å²) in [5.41, 5.74) is 0.817. The van der Waals surface area contributed by atoms with Crippen molar-refractivity contribution in [1.82, 2.24) is 15.5 Å². The number of aryl methyl sites for hydroxylation is 1. The van der Waals surface area contributed by atoms with Gasteiger partial charge in [0.25, 0.3) is 0 Å². The maximum absolute atomic E-state index is 11.6. The summed E-state index contributed by atoms with van der Waals surface area (Å²) in [6.45, 7) is 1.72. The average molecular weight is 263 g/mol. The molecule has 0 spiro atoms. The third kappa shape index (κ3) is 3.21. The van der Waals surface area contributed by atoms with Crippen molar-refractivity contribution < 1.29 is 19.1 Å². The van der Waals surface area contributed by atoms with Gasteiger partial charge in [-0.15, -0.1) is 0 Å². The highest BCUT2D eigenvalue weighted by atomic mass is 16.4. The van der Waals surface area contributed by atoms with E-state index in [0.29, 0.717) is 17.2 Å². The molecule has 0 aliphatic carbocycles. The molecule has 3 N–H and O–H groups in total. The third-order valence-corrected chi connectivity index (χ3v) is 2.57. The maximum Gasteiger partial charge on any atom is 0.339 e. The van der Waals surface area contributed by atoms with E-state index in [4.69, 9.17) is 9.52 Å². The van der Waals surface area contributed by atoms with Gasteiger partial charge in [-0.05, 0) is 19.1 Å². The lowest BCUT2D eigenvalue weighted by molar-refractivity contribution is -0.120. The summed E-state index contributed by atoms with van der Waals surface area (Å²) >= 11 is 0. The first kappa shape index (κ1) is 12.9. The SMILES string of the molecule is Cc1oc(CNC(=O)Cc2ccn[nH]2)cc1C(=O)O. The van der Waals surface area contributed by atoms with Gasteiger partial charge >= 0.3 is 5.97 Å². The Morgan fingerprint density at radius 1 is 1.53 bits per heavy atom. The molecule has 2 aromatic rings. The predicted molar refractivity (Wildman–Crippen MR) is 64.5 cm³/mol. The molecule has 0 bridgehead atoms. The molecule has 7 nitrogen and oxygen atoms in total. The molecule has 2 heterocycles. The lowest BCUT2D eigenvalue weighted by Crippen LogP contribution is -2.24. The molecule has 0 saturated carbocycles. The van der Waals surface area contributed by atoms with Crippen LogP contribution in [0.2, 0.25) is 0 Å². The number of nitrogens with one attached hydrogen (secondary N) is 2. The summed E-state index contributed by atoms with van der Waals surface area (Å²) in [5, 5.41) is 17.9. The topological polar surface area (TPSA) is 108 Å². The number of hydrogen-bond acceptors (Lipinski definition) is 4. The van der Waals surface area contributed by atoms with Crippen LogP contribution in [0.25, 0.3) is 0 Å². The number of amides is 1. The molecule has 1 amide bonds. The molecular weight excluding hydrogens is 250 g/mol. The van der Waals surface area contributed by atoms with Gasteiger partial charge in [-0.2, -0.15) is 5.10 Å². The van der Waals surface area contributed by atoms with E-state index in [0.717, 1.165) is 0 Å². The first-order valence-electron chi connectivity index (χ1n) is 5.64. The van der Waals surface area contributed by atoms with Gasteiger partial charge in [0, 0.05) is 11.9 Å². The van der Waals surface area contributed by atoms with Crippen LogP contribution in [0, 0.1) is 6.92 Å². The fraction of sp³-hybridized carbons (Fsp3) is 0.250. The number of hydrogen-bond donors (Lipinski definition) is 3. The monoisotopic (exact) mass is 263 g/mol. The zero-order valence-corrected chi connectivity index (χ0v) is 10.3. The van der Waals surface area contributed by atoms with E-state index in [1.165, 1.54) is 6.07 Å². The molecule has 0 radical (unpaired) electrons. The minimum Gasteiger partial charge on any atom is -0.478 e. The molecule has 0 aliphatic rings. The van der Waals surface area contributed by atoms with E-state index >= 15 is 0 Å². The Morgan fingerprint density at radius 3 is 2.89 bits per heavy atom. The Labute approximate surface area is 108 Å². The molecule has 19 heavy (non-hydrogen) atoms. The Morgan fingerprint density at radius 2 is 2.32 bits per heavy atom. The maximum atomic E-state index is 11.6. The van der Waals surface area contributed by atoms with Crippen LogP contribution >= 0.6 is 0 Å². The van der Waals surface area contributed by atoms with Gasteiger partial charge < -0.3 is 14.8 Å². The van der Waals surface area contributed by atoms with E-state index in [1.807, 2.05) is 0 Å². The normalized spacial score (nSPS) is 10.4. The predicted octanol–water partition coefficient (Wildman–Crippen LogP) is 0.868. The first-order valence-corrected chi connectivity index (χ1v) is 5.64. The molecule has 0 aromatic carbocycles. The highest BCUT2D eigenvalue weighted by Gasteiger charge is 2.14. The number of carboxylic acids is 1. The van der Waals surface area contributed by atoms with Crippen LogP contribution in [0.5, 0.6) is 0 Å². The van der Waals surface area contributed by atoms with Crippen molar-refractivity contribution in [2.45, 2.75) is 19.9 Å². The lowest BCUT2D eigenvalue weighted by Gasteiger charge is -2.01. The smallest absolute Gasteiger partial charge is 0.339 e. The van der Waals surface area contributed by atoms with Crippen LogP contribution in [0.15, 0.2) is 22.7 Å². The van der Waals surface area contributed by atoms with Gasteiger partial charge in [-0.3, -0.25) is 9.89 Å². The highest BCUT2D eigenvalue weighted by molar-refractivity contribution is 5.88. The van der Waals surface area contributed by atoms with Crippen LogP contribution in [0.4, 0.5) is 0 Å². The van der Waals surface area contributed by atoms with Crippen LogP contribution in [-0.2, 0) is 17.8 Å². The third-order valence-electron chi connectivity index (χ3n) is 2.57. The van der Waals surface area contributed by atoms with E-state index in [2.05, 4.69) is 15.5 Å². The second-order valence-electron chi connectivity index (χ2n) is 4.02. The zero-order valence-electron chi connectivity index (χ0n) is 10.3. The number of carboxylic acid groups (broad SMARTS) is 1. The average Bonchev–Trinajstić information content (AvgIpc) is 2.96. The van der Waals surface area contributed by atoms with Crippen LogP contribution in [0.1, 0.15) is 27.6 Å². The largest absolute Gasteiger partial charge is 0.478 e. The van der Waals surface area contributed by atoms with Crippen molar-refractivity contribution in [3.8, 4) is 0 Å². The fourth-order valence-corrected chi connectivity index (χ4v) is 1.65. The van der Waals surface area contributed by atoms with Crippen molar-refractivity contribution in [2.24, 2.45) is 0 Å². The molecule has 2 rings (SSSR count). The molecule has 0 atom stereocenters. The standard InChI is InChI=1S/C12H13N3O4/c1-7-10(12(17)18)5-9(19-7)6-13-11(16)4-8-2-3-14-15-8/h2-3,5H,4,6H2,1H3,(H,13,16)(H,14,15)(H,17,18). The summed E-state index contributed by atoms with van der Waals surface area (Å²) in [7, 11) is 0. The Bertz CT molecular complexity index is 586. The van der Waals surface area contributed by atoms with Gasteiger partial charge in [0.15, 0.2) is 0 Å². The van der Waals surface area contributed by atoms with Crippen molar-refractivity contribution in [3.63, 3.8) is 0 Å². The summed E-state index contributed by atoms with van der Waals surface area (Å²) in [4.78, 5) is 22.4. The van der Waals surface area contributed by atoms with Gasteiger partial charge in [0.05, 0.1) is 13.0 Å². The molecule has 0 aliphatic heterocycles. The van der Waals surface area contributed by atoms with E-state index in [9.17, 15) is 9.59 Å². The molecule has 0 unspecified atom stereocenters. The molecule has 100 valence electrons. The van der Waals surface area contributed by atoms with Gasteiger partial charge in [-0.1, -0.05) is 0 Å². The number of nitrogens with zero attached hydrogens (tertiary/aromatic N) is 1. The minimum atomic E-state index is -1.05. The molecule has 0 saturated heterocycles. The fourth-order valence-electron chi connectivity index (χ4n) is 1.65. The Hall–Kier alpha value is -2.57. The molecule has 2 aromatic heterocycles. The van der Waals surface area contributed by atoms with Crippen molar-refractivity contribution in [1.29, 1.82) is 0 Å². The number of rotatable bonds is 5. The summed E-state index contributed by atoms with van der Waals surface area (Å²) in [6, 6.07) is 3.12. The quantitative estimate of drug-likeness (QED) is 0.741. The van der Waals surface area contributed by atoms with Crippen molar-refractivity contribution >= 4 is 11.9 Å². The molecular formula is C12H13N3O4. The molecule has 7 heteroatoms. The number of aromatic carboxylic acids is 1. The van der Waals surface area contributed by atoms with Crippen molar-refractivity contribution in [3.05, 3.63) is 41.1 Å². The van der Waals surface area contributed by atoms with Gasteiger partial charge in [0.1, 0.15) is 17.1 Å². The highest BCUT2D eigenvalue weighted by Crippen LogP contribution is 2.14. The number of H-pyrrole nitrogens is 1. The number of carbonyl (C=O) groups is 2. The lowest BCUT2D eigenvalue weighted by atomic mass is 10.2. The van der Waals surface area contributed by atoms with E-state index in [1.54, 1.807) is 19.2 Å². The van der Waals surface area contributed by atoms with Gasteiger partial charge in [0.2, 0.25) is 5.91 Å². The Balaban J connectivity index is 1.90. The van der Waals surface area contributed by atoms with Crippen LogP contribution < -0.4 is 5.32 Å². The summed E-state index contributed by atoms with van der Waals surface area (Å²) in [6.07, 6.45) is 1.75. The minimum absolute atomic E-state index is 0.109. The van der Waals surface area contributed by atoms with E-state index in [-0.39, 0.29) is 24.4 Å². The summed E-state index contributed by atoms with van der Waals surface area (Å²) in [5.74, 6) is -0.510. The first-order chi connectivity index (χ1) is 9.06. The second kappa shape index (κ2) is 5.38. The van der Waals surface area contributed by atoms with Crippen LogP contribution in [0.3, 0.4) is 0 Å². The number of furan rings is 1. The zero-order chi connectivity index (χ0) is 13.8. The van der Waals surface area contributed by atoms with Crippen molar-refractivity contribution in [2.75, 3.05) is 0 Å².